The largest absolute Gasteiger partial charge is 0.449 e. The molecule has 0 radical (unpaired) electrons. The molecule has 1 saturated carbocycles. The monoisotopic (exact) mass is 224 g/mol. The molecule has 16 heavy (non-hydrogen) atoms. The molecule has 0 aromatic carbocycles. The highest BCUT2D eigenvalue weighted by molar-refractivity contribution is 5.67. The van der Waals surface area contributed by atoms with Crippen LogP contribution in [-0.4, -0.2) is 31.2 Å². The van der Waals surface area contributed by atoms with Crippen molar-refractivity contribution in [3.63, 3.8) is 0 Å². The SMILES string of the molecule is CN(CCC#N)C(=O)OCC1CCCCC1. The molecule has 0 spiro atoms. The first kappa shape index (κ1) is 12.8. The molecule has 1 amide bonds. The average molecular weight is 224 g/mol. The van der Waals surface area contributed by atoms with Gasteiger partial charge in [0, 0.05) is 13.6 Å². The first-order chi connectivity index (χ1) is 7.74. The minimum Gasteiger partial charge on any atom is -0.449 e. The van der Waals surface area contributed by atoms with Gasteiger partial charge in [0.1, 0.15) is 0 Å². The van der Waals surface area contributed by atoms with Gasteiger partial charge in [0.2, 0.25) is 0 Å². The van der Waals surface area contributed by atoms with Crippen LogP contribution in [0.15, 0.2) is 0 Å². The lowest BCUT2D eigenvalue weighted by Crippen LogP contribution is -2.30. The van der Waals surface area contributed by atoms with E-state index in [9.17, 15) is 4.79 Å². The molecule has 0 aromatic rings. The molecule has 0 saturated heterocycles. The van der Waals surface area contributed by atoms with E-state index < -0.39 is 0 Å². The number of hydrogen-bond donors (Lipinski definition) is 0. The molecule has 0 atom stereocenters. The van der Waals surface area contributed by atoms with Crippen molar-refractivity contribution in [3.05, 3.63) is 0 Å². The van der Waals surface area contributed by atoms with Gasteiger partial charge in [0.15, 0.2) is 0 Å². The minimum atomic E-state index is -0.305. The molecule has 4 heteroatoms. The minimum absolute atomic E-state index is 0.305. The summed E-state index contributed by atoms with van der Waals surface area (Å²) < 4.78 is 5.22. The van der Waals surface area contributed by atoms with Gasteiger partial charge in [-0.25, -0.2) is 4.79 Å². The quantitative estimate of drug-likeness (QED) is 0.737. The first-order valence-electron chi connectivity index (χ1n) is 5.99. The maximum atomic E-state index is 11.5. The molecule has 1 aliphatic rings. The molecule has 90 valence electrons. The van der Waals surface area contributed by atoms with E-state index in [2.05, 4.69) is 0 Å². The number of nitrogens with zero attached hydrogens (tertiary/aromatic N) is 2. The third kappa shape index (κ3) is 4.52. The summed E-state index contributed by atoms with van der Waals surface area (Å²) in [6.07, 6.45) is 6.23. The van der Waals surface area contributed by atoms with E-state index in [1.807, 2.05) is 6.07 Å². The van der Waals surface area contributed by atoms with Crippen molar-refractivity contribution in [2.75, 3.05) is 20.2 Å². The van der Waals surface area contributed by atoms with Crippen LogP contribution < -0.4 is 0 Å². The summed E-state index contributed by atoms with van der Waals surface area (Å²) in [5.74, 6) is 0.544. The van der Waals surface area contributed by atoms with Crippen molar-refractivity contribution >= 4 is 6.09 Å². The zero-order chi connectivity index (χ0) is 11.8. The molecule has 0 heterocycles. The molecule has 0 aliphatic heterocycles. The Labute approximate surface area is 97.2 Å². The van der Waals surface area contributed by atoms with Crippen molar-refractivity contribution in [1.82, 2.24) is 4.90 Å². The highest BCUT2D eigenvalue weighted by Gasteiger charge is 2.16. The molecule has 4 nitrogen and oxygen atoms in total. The van der Waals surface area contributed by atoms with E-state index >= 15 is 0 Å². The van der Waals surface area contributed by atoms with Gasteiger partial charge in [-0.15, -0.1) is 0 Å². The van der Waals surface area contributed by atoms with Crippen LogP contribution >= 0.6 is 0 Å². The van der Waals surface area contributed by atoms with Crippen LogP contribution in [0.1, 0.15) is 38.5 Å². The van der Waals surface area contributed by atoms with Gasteiger partial charge in [-0.3, -0.25) is 0 Å². The predicted molar refractivity (Wildman–Crippen MR) is 60.8 cm³/mol. The normalized spacial score (nSPS) is 16.5. The topological polar surface area (TPSA) is 53.3 Å². The van der Waals surface area contributed by atoms with Crippen molar-refractivity contribution in [2.24, 2.45) is 5.92 Å². The van der Waals surface area contributed by atoms with Crippen molar-refractivity contribution in [3.8, 4) is 6.07 Å². The Kier molecular flexibility index (Phi) is 5.69. The first-order valence-corrected chi connectivity index (χ1v) is 5.99. The summed E-state index contributed by atoms with van der Waals surface area (Å²) in [5.41, 5.74) is 0. The number of amides is 1. The smallest absolute Gasteiger partial charge is 0.409 e. The summed E-state index contributed by atoms with van der Waals surface area (Å²) >= 11 is 0. The second kappa shape index (κ2) is 7.10. The molecule has 0 unspecified atom stereocenters. The fourth-order valence-electron chi connectivity index (χ4n) is 1.96. The van der Waals surface area contributed by atoms with Crippen molar-refractivity contribution in [1.29, 1.82) is 5.26 Å². The number of nitriles is 1. The van der Waals surface area contributed by atoms with Gasteiger partial charge in [0.05, 0.1) is 19.1 Å². The van der Waals surface area contributed by atoms with E-state index in [0.29, 0.717) is 25.5 Å². The van der Waals surface area contributed by atoms with Gasteiger partial charge < -0.3 is 9.64 Å². The summed E-state index contributed by atoms with van der Waals surface area (Å²) in [6.45, 7) is 0.982. The summed E-state index contributed by atoms with van der Waals surface area (Å²) in [7, 11) is 1.67. The standard InChI is InChI=1S/C12H20N2O2/c1-14(9-5-8-13)12(15)16-10-11-6-3-2-4-7-11/h11H,2-7,9-10H2,1H3. The second-order valence-corrected chi connectivity index (χ2v) is 4.41. The van der Waals surface area contributed by atoms with Crippen LogP contribution in [0.25, 0.3) is 0 Å². The Bertz CT molecular complexity index is 254. The Morgan fingerprint density at radius 1 is 1.44 bits per heavy atom. The number of hydrogen-bond acceptors (Lipinski definition) is 3. The maximum absolute atomic E-state index is 11.5. The van der Waals surface area contributed by atoms with Crippen molar-refractivity contribution < 1.29 is 9.53 Å². The number of ether oxygens (including phenoxy) is 1. The molecule has 0 bridgehead atoms. The highest BCUT2D eigenvalue weighted by atomic mass is 16.6. The number of rotatable bonds is 4. The summed E-state index contributed by atoms with van der Waals surface area (Å²) in [5, 5.41) is 8.40. The predicted octanol–water partition coefficient (Wildman–Crippen LogP) is 2.55. The maximum Gasteiger partial charge on any atom is 0.409 e. The average Bonchev–Trinajstić information content (AvgIpc) is 2.34. The fourth-order valence-corrected chi connectivity index (χ4v) is 1.96. The molecular formula is C12H20N2O2. The molecule has 1 fully saturated rings. The van der Waals surface area contributed by atoms with Gasteiger partial charge in [0.25, 0.3) is 0 Å². The van der Waals surface area contributed by atoms with E-state index in [1.165, 1.54) is 37.0 Å². The van der Waals surface area contributed by atoms with Crippen molar-refractivity contribution in [2.45, 2.75) is 38.5 Å². The third-order valence-electron chi connectivity index (χ3n) is 3.04. The highest BCUT2D eigenvalue weighted by Crippen LogP contribution is 2.23. The molecule has 0 N–H and O–H groups in total. The number of carbonyl (C=O) groups is 1. The second-order valence-electron chi connectivity index (χ2n) is 4.41. The third-order valence-corrected chi connectivity index (χ3v) is 3.04. The molecule has 1 rings (SSSR count). The van der Waals surface area contributed by atoms with Crippen LogP contribution in [0.5, 0.6) is 0 Å². The zero-order valence-electron chi connectivity index (χ0n) is 9.95. The van der Waals surface area contributed by atoms with E-state index in [0.717, 1.165) is 0 Å². The molecular weight excluding hydrogens is 204 g/mol. The summed E-state index contributed by atoms with van der Waals surface area (Å²) in [4.78, 5) is 13.0. The Morgan fingerprint density at radius 3 is 2.75 bits per heavy atom. The Morgan fingerprint density at radius 2 is 2.12 bits per heavy atom. The van der Waals surface area contributed by atoms with Gasteiger partial charge in [-0.2, -0.15) is 5.26 Å². The van der Waals surface area contributed by atoms with Crippen LogP contribution in [0.3, 0.4) is 0 Å². The van der Waals surface area contributed by atoms with Crippen LogP contribution in [0, 0.1) is 17.2 Å². The molecule has 1 aliphatic carbocycles. The zero-order valence-corrected chi connectivity index (χ0v) is 9.95. The van der Waals surface area contributed by atoms with Crippen LogP contribution in [-0.2, 0) is 4.74 Å². The van der Waals surface area contributed by atoms with Crippen LogP contribution in [0.4, 0.5) is 4.79 Å². The van der Waals surface area contributed by atoms with E-state index in [1.54, 1.807) is 7.05 Å². The molecule has 0 aromatic heterocycles. The lowest BCUT2D eigenvalue weighted by molar-refractivity contribution is 0.0877. The van der Waals surface area contributed by atoms with E-state index in [-0.39, 0.29) is 6.09 Å². The van der Waals surface area contributed by atoms with Gasteiger partial charge >= 0.3 is 6.09 Å². The van der Waals surface area contributed by atoms with Gasteiger partial charge in [-0.1, -0.05) is 19.3 Å². The lowest BCUT2D eigenvalue weighted by atomic mass is 9.90. The Hall–Kier alpha value is -1.24. The Balaban J connectivity index is 2.15. The lowest BCUT2D eigenvalue weighted by Gasteiger charge is -2.22. The van der Waals surface area contributed by atoms with Crippen LogP contribution in [0.2, 0.25) is 0 Å². The van der Waals surface area contributed by atoms with Gasteiger partial charge in [-0.05, 0) is 18.8 Å². The fraction of sp³-hybridized carbons (Fsp3) is 0.833. The van der Waals surface area contributed by atoms with E-state index in [4.69, 9.17) is 10.00 Å². The summed E-state index contributed by atoms with van der Waals surface area (Å²) in [6, 6.07) is 2.01. The number of carbonyl (C=O) groups excluding carboxylic acids is 1.